The summed E-state index contributed by atoms with van der Waals surface area (Å²) in [4.78, 5) is 4.47. The van der Waals surface area contributed by atoms with Gasteiger partial charge in [-0.05, 0) is 26.0 Å². The molecule has 0 saturated heterocycles. The molecule has 0 fully saturated rings. The molecule has 0 unspecified atom stereocenters. The van der Waals surface area contributed by atoms with Crippen molar-refractivity contribution in [1.82, 2.24) is 14.6 Å². The summed E-state index contributed by atoms with van der Waals surface area (Å²) in [6.45, 7) is 4.49. The Kier molecular flexibility index (Phi) is 3.45. The van der Waals surface area contributed by atoms with Crippen molar-refractivity contribution >= 4 is 11.5 Å². The van der Waals surface area contributed by atoms with E-state index in [-0.39, 0.29) is 0 Å². The first kappa shape index (κ1) is 13.4. The predicted molar refractivity (Wildman–Crippen MR) is 82.1 cm³/mol. The Balaban J connectivity index is 2.18. The van der Waals surface area contributed by atoms with Gasteiger partial charge in [-0.2, -0.15) is 9.61 Å². The summed E-state index contributed by atoms with van der Waals surface area (Å²) in [5, 5.41) is 4.57. The number of nitrogens with two attached hydrogens (primary N) is 1. The van der Waals surface area contributed by atoms with Gasteiger partial charge in [0.15, 0.2) is 5.65 Å². The van der Waals surface area contributed by atoms with Crippen LogP contribution < -0.4 is 16.0 Å². The number of benzene rings is 1. The number of nitrogens with zero attached hydrogens (tertiary/aromatic N) is 3. The molecule has 3 aromatic rings. The normalized spacial score (nSPS) is 10.8. The molecule has 0 aliphatic heterocycles. The largest absolute Gasteiger partial charge is 0.493 e. The number of hydrogen-bond donors (Lipinski definition) is 2. The van der Waals surface area contributed by atoms with Gasteiger partial charge in [-0.25, -0.2) is 10.8 Å². The van der Waals surface area contributed by atoms with Crippen molar-refractivity contribution in [2.24, 2.45) is 5.84 Å². The summed E-state index contributed by atoms with van der Waals surface area (Å²) >= 11 is 0. The lowest BCUT2D eigenvalue weighted by Crippen LogP contribution is -2.12. The fraction of sp³-hybridized carbons (Fsp3) is 0.200. The number of nitrogen functional groups attached to an aromatic ring is 1. The Morgan fingerprint density at radius 1 is 1.29 bits per heavy atom. The molecule has 0 bridgehead atoms. The van der Waals surface area contributed by atoms with E-state index >= 15 is 0 Å². The van der Waals surface area contributed by atoms with Crippen LogP contribution in [0, 0.1) is 6.92 Å². The fourth-order valence-corrected chi connectivity index (χ4v) is 2.29. The highest BCUT2D eigenvalue weighted by atomic mass is 16.5. The molecule has 2 heterocycles. The quantitative estimate of drug-likeness (QED) is 0.568. The molecule has 0 aliphatic carbocycles. The van der Waals surface area contributed by atoms with Gasteiger partial charge in [0, 0.05) is 23.4 Å². The van der Waals surface area contributed by atoms with E-state index in [4.69, 9.17) is 10.6 Å². The molecule has 108 valence electrons. The second kappa shape index (κ2) is 5.41. The van der Waals surface area contributed by atoms with E-state index in [9.17, 15) is 0 Å². The lowest BCUT2D eigenvalue weighted by molar-refractivity contribution is 0.341. The van der Waals surface area contributed by atoms with Crippen LogP contribution in [0.3, 0.4) is 0 Å². The minimum Gasteiger partial charge on any atom is -0.493 e. The average Bonchev–Trinajstić information content (AvgIpc) is 2.90. The van der Waals surface area contributed by atoms with Crippen molar-refractivity contribution in [3.05, 3.63) is 42.1 Å². The number of rotatable bonds is 4. The van der Waals surface area contributed by atoms with Crippen molar-refractivity contribution < 1.29 is 4.74 Å². The molecule has 0 radical (unpaired) electrons. The van der Waals surface area contributed by atoms with Gasteiger partial charge in [-0.1, -0.05) is 12.1 Å². The van der Waals surface area contributed by atoms with Crippen LogP contribution in [0.4, 0.5) is 5.82 Å². The van der Waals surface area contributed by atoms with Crippen LogP contribution in [-0.2, 0) is 0 Å². The molecule has 6 nitrogen and oxygen atoms in total. The van der Waals surface area contributed by atoms with Crippen molar-refractivity contribution in [3.63, 3.8) is 0 Å². The van der Waals surface area contributed by atoms with Crippen molar-refractivity contribution in [3.8, 4) is 17.0 Å². The van der Waals surface area contributed by atoms with Gasteiger partial charge in [0.05, 0.1) is 12.3 Å². The van der Waals surface area contributed by atoms with Gasteiger partial charge in [-0.3, -0.25) is 0 Å². The van der Waals surface area contributed by atoms with Crippen molar-refractivity contribution in [2.45, 2.75) is 13.8 Å². The van der Waals surface area contributed by atoms with Gasteiger partial charge < -0.3 is 10.2 Å². The summed E-state index contributed by atoms with van der Waals surface area (Å²) < 4.78 is 7.34. The summed E-state index contributed by atoms with van der Waals surface area (Å²) in [5.74, 6) is 7.05. The van der Waals surface area contributed by atoms with Gasteiger partial charge >= 0.3 is 0 Å². The standard InChI is InChI=1S/C15H17N5O/c1-3-21-13-7-5-4-6-11(13)12-9-14-17-10(2)8-15(18-16)20(14)19-12/h4-9,18H,3,16H2,1-2H3. The second-order valence-corrected chi connectivity index (χ2v) is 4.66. The SMILES string of the molecule is CCOc1ccccc1-c1cc2nc(C)cc(NN)n2n1. The molecule has 1 aromatic carbocycles. The number of aromatic nitrogens is 3. The fourth-order valence-electron chi connectivity index (χ4n) is 2.29. The first-order valence-electron chi connectivity index (χ1n) is 6.79. The average molecular weight is 283 g/mol. The summed E-state index contributed by atoms with van der Waals surface area (Å²) in [5.41, 5.74) is 5.99. The highest BCUT2D eigenvalue weighted by Gasteiger charge is 2.12. The van der Waals surface area contributed by atoms with Crippen LogP contribution in [0.15, 0.2) is 36.4 Å². The summed E-state index contributed by atoms with van der Waals surface area (Å²) in [6.07, 6.45) is 0. The third-order valence-electron chi connectivity index (χ3n) is 3.17. The van der Waals surface area contributed by atoms with Crippen LogP contribution >= 0.6 is 0 Å². The minimum absolute atomic E-state index is 0.608. The maximum Gasteiger partial charge on any atom is 0.158 e. The van der Waals surface area contributed by atoms with Crippen molar-refractivity contribution in [1.29, 1.82) is 0 Å². The molecule has 0 spiro atoms. The highest BCUT2D eigenvalue weighted by molar-refractivity contribution is 5.71. The predicted octanol–water partition coefficient (Wildman–Crippen LogP) is 2.39. The third-order valence-corrected chi connectivity index (χ3v) is 3.17. The molecule has 3 rings (SSSR count). The molecular formula is C15H17N5O. The van der Waals surface area contributed by atoms with E-state index in [1.165, 1.54) is 0 Å². The van der Waals surface area contributed by atoms with Gasteiger partial charge in [0.1, 0.15) is 11.6 Å². The third kappa shape index (κ3) is 2.41. The molecular weight excluding hydrogens is 266 g/mol. The van der Waals surface area contributed by atoms with E-state index in [0.29, 0.717) is 12.4 Å². The second-order valence-electron chi connectivity index (χ2n) is 4.66. The smallest absolute Gasteiger partial charge is 0.158 e. The van der Waals surface area contributed by atoms with Gasteiger partial charge in [0.2, 0.25) is 0 Å². The number of ether oxygens (including phenoxy) is 1. The summed E-state index contributed by atoms with van der Waals surface area (Å²) in [6, 6.07) is 11.6. The number of aryl methyl sites for hydroxylation is 1. The number of fused-ring (bicyclic) bond motifs is 1. The van der Waals surface area contributed by atoms with Crippen LogP contribution in [0.2, 0.25) is 0 Å². The van der Waals surface area contributed by atoms with Crippen LogP contribution in [0.25, 0.3) is 16.9 Å². The first-order valence-corrected chi connectivity index (χ1v) is 6.79. The van der Waals surface area contributed by atoms with E-state index in [1.807, 2.05) is 50.2 Å². The van der Waals surface area contributed by atoms with E-state index < -0.39 is 0 Å². The van der Waals surface area contributed by atoms with E-state index in [1.54, 1.807) is 4.52 Å². The minimum atomic E-state index is 0.608. The zero-order valence-electron chi connectivity index (χ0n) is 12.0. The number of anilines is 1. The molecule has 0 aliphatic rings. The molecule has 0 amide bonds. The zero-order chi connectivity index (χ0) is 14.8. The van der Waals surface area contributed by atoms with Crippen molar-refractivity contribution in [2.75, 3.05) is 12.0 Å². The molecule has 2 aromatic heterocycles. The summed E-state index contributed by atoms with van der Waals surface area (Å²) in [7, 11) is 0. The van der Waals surface area contributed by atoms with E-state index in [0.717, 1.165) is 28.3 Å². The first-order chi connectivity index (χ1) is 10.2. The Morgan fingerprint density at radius 3 is 2.86 bits per heavy atom. The Morgan fingerprint density at radius 2 is 2.10 bits per heavy atom. The maximum absolute atomic E-state index is 5.66. The number of para-hydroxylation sites is 1. The molecule has 3 N–H and O–H groups in total. The monoisotopic (exact) mass is 283 g/mol. The molecule has 6 heteroatoms. The Bertz CT molecular complexity index is 781. The van der Waals surface area contributed by atoms with Crippen LogP contribution in [-0.4, -0.2) is 21.2 Å². The highest BCUT2D eigenvalue weighted by Crippen LogP contribution is 2.30. The maximum atomic E-state index is 5.66. The van der Waals surface area contributed by atoms with Crippen LogP contribution in [0.5, 0.6) is 5.75 Å². The molecule has 0 atom stereocenters. The Hall–Kier alpha value is -2.60. The lowest BCUT2D eigenvalue weighted by Gasteiger charge is -2.07. The van der Waals surface area contributed by atoms with Gasteiger partial charge in [-0.15, -0.1) is 0 Å². The lowest BCUT2D eigenvalue weighted by atomic mass is 10.1. The molecule has 0 saturated carbocycles. The Labute approximate surface area is 122 Å². The van der Waals surface area contributed by atoms with Crippen LogP contribution in [0.1, 0.15) is 12.6 Å². The topological polar surface area (TPSA) is 77.5 Å². The zero-order valence-corrected chi connectivity index (χ0v) is 12.0. The number of hydrogen-bond acceptors (Lipinski definition) is 5. The number of nitrogens with one attached hydrogen (secondary N) is 1. The number of hydrazine groups is 1. The van der Waals surface area contributed by atoms with Gasteiger partial charge in [0.25, 0.3) is 0 Å². The van der Waals surface area contributed by atoms with E-state index in [2.05, 4.69) is 15.5 Å². The molecule has 21 heavy (non-hydrogen) atoms.